The Morgan fingerprint density at radius 1 is 1.32 bits per heavy atom. The predicted octanol–water partition coefficient (Wildman–Crippen LogP) is 1.95. The molecular weight excluding hydrogens is 257 g/mol. The minimum Gasteiger partial charge on any atom is -0.486 e. The molecule has 0 radical (unpaired) electrons. The topological polar surface area (TPSA) is 81.8 Å². The van der Waals surface area contributed by atoms with Crippen molar-refractivity contribution in [1.29, 1.82) is 0 Å². The Kier molecular flexibility index (Phi) is 2.59. The number of nitrogens with zero attached hydrogens (tertiary/aromatic N) is 1. The number of hydrogen-bond donors (Lipinski definition) is 1. The number of carbonyl (C=O) groups is 1. The summed E-state index contributed by atoms with van der Waals surface area (Å²) in [7, 11) is 0. The van der Waals surface area contributed by atoms with Crippen LogP contribution >= 0.6 is 0 Å². The Labute approximate surface area is 106 Å². The van der Waals surface area contributed by atoms with Gasteiger partial charge in [0.2, 0.25) is 5.76 Å². The van der Waals surface area contributed by atoms with E-state index in [1.807, 2.05) is 0 Å². The lowest BCUT2D eigenvalue weighted by Gasteiger charge is -2.20. The molecule has 1 aliphatic heterocycles. The monoisotopic (exact) mass is 265 g/mol. The molecular formula is C12H8FNO5. The van der Waals surface area contributed by atoms with E-state index in [1.165, 1.54) is 12.1 Å². The summed E-state index contributed by atoms with van der Waals surface area (Å²) in [5, 5.41) is 12.3. The van der Waals surface area contributed by atoms with Gasteiger partial charge in [0, 0.05) is 6.07 Å². The zero-order chi connectivity index (χ0) is 13.4. The summed E-state index contributed by atoms with van der Waals surface area (Å²) in [4.78, 5) is 10.7. The largest absolute Gasteiger partial charge is 0.486 e. The van der Waals surface area contributed by atoms with Crippen LogP contribution < -0.4 is 9.47 Å². The maximum atomic E-state index is 13.9. The fourth-order valence-corrected chi connectivity index (χ4v) is 1.82. The predicted molar refractivity (Wildman–Crippen MR) is 59.8 cm³/mol. The molecule has 1 aromatic carbocycles. The van der Waals surface area contributed by atoms with E-state index in [2.05, 4.69) is 9.68 Å². The second-order valence-electron chi connectivity index (χ2n) is 3.83. The smallest absolute Gasteiger partial charge is 0.374 e. The molecule has 2 aromatic rings. The Hall–Kier alpha value is -2.57. The minimum absolute atomic E-state index is 0.0356. The highest BCUT2D eigenvalue weighted by Crippen LogP contribution is 2.41. The van der Waals surface area contributed by atoms with Crippen molar-refractivity contribution in [3.8, 4) is 22.8 Å². The highest BCUT2D eigenvalue weighted by Gasteiger charge is 2.24. The molecule has 1 N–H and O–H groups in total. The van der Waals surface area contributed by atoms with E-state index in [0.717, 1.165) is 6.07 Å². The first-order valence-corrected chi connectivity index (χ1v) is 5.45. The molecule has 1 aromatic heterocycles. The third-order valence-electron chi connectivity index (χ3n) is 2.64. The van der Waals surface area contributed by atoms with Gasteiger partial charge in [-0.25, -0.2) is 9.18 Å². The van der Waals surface area contributed by atoms with E-state index in [4.69, 9.17) is 14.6 Å². The summed E-state index contributed by atoms with van der Waals surface area (Å²) in [6.45, 7) is 0.657. The van der Waals surface area contributed by atoms with Gasteiger partial charge >= 0.3 is 5.97 Å². The van der Waals surface area contributed by atoms with Crippen molar-refractivity contribution in [2.24, 2.45) is 0 Å². The second-order valence-corrected chi connectivity index (χ2v) is 3.83. The second kappa shape index (κ2) is 4.27. The van der Waals surface area contributed by atoms with Crippen LogP contribution in [0.2, 0.25) is 0 Å². The van der Waals surface area contributed by atoms with Gasteiger partial charge < -0.3 is 19.1 Å². The van der Waals surface area contributed by atoms with E-state index in [9.17, 15) is 9.18 Å². The van der Waals surface area contributed by atoms with E-state index in [-0.39, 0.29) is 29.4 Å². The van der Waals surface area contributed by atoms with Crippen molar-refractivity contribution in [1.82, 2.24) is 5.16 Å². The first-order chi connectivity index (χ1) is 9.16. The van der Waals surface area contributed by atoms with Gasteiger partial charge in [-0.1, -0.05) is 5.16 Å². The zero-order valence-corrected chi connectivity index (χ0v) is 9.55. The molecule has 0 bridgehead atoms. The van der Waals surface area contributed by atoms with Crippen LogP contribution in [-0.4, -0.2) is 29.4 Å². The van der Waals surface area contributed by atoms with Gasteiger partial charge in [-0.05, 0) is 12.1 Å². The highest BCUT2D eigenvalue weighted by atomic mass is 19.1. The number of fused-ring (bicyclic) bond motifs is 1. The molecule has 98 valence electrons. The molecule has 0 saturated heterocycles. The van der Waals surface area contributed by atoms with E-state index in [0.29, 0.717) is 12.4 Å². The van der Waals surface area contributed by atoms with Gasteiger partial charge in [0.1, 0.15) is 24.7 Å². The Morgan fingerprint density at radius 3 is 2.84 bits per heavy atom. The van der Waals surface area contributed by atoms with Crippen LogP contribution in [-0.2, 0) is 0 Å². The number of halogens is 1. The Morgan fingerprint density at radius 2 is 2.11 bits per heavy atom. The van der Waals surface area contributed by atoms with Gasteiger partial charge in [0.25, 0.3) is 0 Å². The SMILES string of the molecule is O=C(O)c1cc(-c2c(F)ccc3c2OCCO3)no1. The molecule has 2 heterocycles. The molecule has 19 heavy (non-hydrogen) atoms. The van der Waals surface area contributed by atoms with Gasteiger partial charge in [-0.2, -0.15) is 0 Å². The van der Waals surface area contributed by atoms with Crippen LogP contribution in [0.4, 0.5) is 4.39 Å². The lowest BCUT2D eigenvalue weighted by atomic mass is 10.1. The van der Waals surface area contributed by atoms with Crippen molar-refractivity contribution in [2.45, 2.75) is 0 Å². The molecule has 0 amide bonds. The molecule has 0 aliphatic carbocycles. The number of hydrogen-bond acceptors (Lipinski definition) is 5. The number of aromatic nitrogens is 1. The van der Waals surface area contributed by atoms with E-state index >= 15 is 0 Å². The number of ether oxygens (including phenoxy) is 2. The number of carboxylic acids is 1. The molecule has 6 nitrogen and oxygen atoms in total. The van der Waals surface area contributed by atoms with Crippen LogP contribution in [0.1, 0.15) is 10.6 Å². The summed E-state index contributed by atoms with van der Waals surface area (Å²) in [5.74, 6) is -1.64. The third kappa shape index (κ3) is 1.88. The molecule has 0 saturated carbocycles. The highest BCUT2D eigenvalue weighted by molar-refractivity contribution is 5.86. The van der Waals surface area contributed by atoms with E-state index in [1.54, 1.807) is 0 Å². The molecule has 0 atom stereocenters. The minimum atomic E-state index is -1.28. The van der Waals surface area contributed by atoms with Crippen LogP contribution in [0.3, 0.4) is 0 Å². The quantitative estimate of drug-likeness (QED) is 0.893. The van der Waals surface area contributed by atoms with Crippen molar-refractivity contribution >= 4 is 5.97 Å². The van der Waals surface area contributed by atoms with Gasteiger partial charge in [0.05, 0.1) is 5.56 Å². The summed E-state index contributed by atoms with van der Waals surface area (Å²) in [6, 6.07) is 3.79. The zero-order valence-electron chi connectivity index (χ0n) is 9.55. The summed E-state index contributed by atoms with van der Waals surface area (Å²) in [5.41, 5.74) is 0.0886. The van der Waals surface area contributed by atoms with Crippen LogP contribution in [0, 0.1) is 5.82 Å². The van der Waals surface area contributed by atoms with Crippen LogP contribution in [0.25, 0.3) is 11.3 Å². The lowest BCUT2D eigenvalue weighted by molar-refractivity contribution is 0.0652. The number of rotatable bonds is 2. The van der Waals surface area contributed by atoms with Crippen molar-refractivity contribution in [2.75, 3.05) is 13.2 Å². The maximum Gasteiger partial charge on any atom is 0.374 e. The lowest BCUT2D eigenvalue weighted by Crippen LogP contribution is -2.16. The first kappa shape index (κ1) is 11.5. The maximum absolute atomic E-state index is 13.9. The molecule has 1 aliphatic rings. The standard InChI is InChI=1S/C12H8FNO5/c13-6-1-2-8-11(18-4-3-17-8)10(6)7-5-9(12(15)16)19-14-7/h1-2,5H,3-4H2,(H,15,16). The number of benzene rings is 1. The average molecular weight is 265 g/mol. The molecule has 0 fully saturated rings. The number of carboxylic acid groups (broad SMARTS) is 1. The Balaban J connectivity index is 2.15. The average Bonchev–Trinajstić information content (AvgIpc) is 2.88. The third-order valence-corrected chi connectivity index (χ3v) is 2.64. The first-order valence-electron chi connectivity index (χ1n) is 5.45. The normalized spacial score (nSPS) is 13.3. The van der Waals surface area contributed by atoms with Crippen molar-refractivity contribution in [3.05, 3.63) is 29.8 Å². The summed E-state index contributed by atoms with van der Waals surface area (Å²) < 4.78 is 29.2. The summed E-state index contributed by atoms with van der Waals surface area (Å²) >= 11 is 0. The Bertz CT molecular complexity index is 652. The molecule has 0 spiro atoms. The van der Waals surface area contributed by atoms with Gasteiger partial charge in [-0.15, -0.1) is 0 Å². The van der Waals surface area contributed by atoms with Gasteiger partial charge in [0.15, 0.2) is 11.5 Å². The fraction of sp³-hybridized carbons (Fsp3) is 0.167. The molecule has 3 rings (SSSR count). The van der Waals surface area contributed by atoms with Crippen molar-refractivity contribution < 1.29 is 28.3 Å². The van der Waals surface area contributed by atoms with Crippen LogP contribution in [0.15, 0.2) is 22.7 Å². The fourth-order valence-electron chi connectivity index (χ4n) is 1.82. The summed E-state index contributed by atoms with van der Waals surface area (Å²) in [6.07, 6.45) is 0. The number of aromatic carboxylic acids is 1. The van der Waals surface area contributed by atoms with Gasteiger partial charge in [-0.3, -0.25) is 0 Å². The van der Waals surface area contributed by atoms with Crippen molar-refractivity contribution in [3.63, 3.8) is 0 Å². The van der Waals surface area contributed by atoms with Crippen LogP contribution in [0.5, 0.6) is 11.5 Å². The molecule has 7 heteroatoms. The van der Waals surface area contributed by atoms with E-state index < -0.39 is 11.8 Å². The molecule has 0 unspecified atom stereocenters.